The number of carbonyl (C=O) groups excluding carboxylic acids is 3. The van der Waals surface area contributed by atoms with E-state index in [0.29, 0.717) is 30.3 Å². The van der Waals surface area contributed by atoms with Crippen molar-refractivity contribution in [3.05, 3.63) is 63.9 Å². The number of rotatable bonds is 5. The van der Waals surface area contributed by atoms with E-state index in [4.69, 9.17) is 11.6 Å². The second kappa shape index (κ2) is 10.0. The number of fused-ring (bicyclic) bond motifs is 1. The van der Waals surface area contributed by atoms with Crippen LogP contribution >= 0.6 is 11.6 Å². The Kier molecular flexibility index (Phi) is 7.08. The molecule has 0 aromatic heterocycles. The largest absolute Gasteiger partial charge is 0.342 e. The number of likely N-dealkylation sites (N-methyl/N-ethyl adjacent to an activating group) is 1. The molecular weight excluding hydrogens is 471 g/mol. The van der Waals surface area contributed by atoms with Gasteiger partial charge in [0.15, 0.2) is 6.19 Å². The molecule has 2 aromatic rings. The van der Waals surface area contributed by atoms with E-state index in [-0.39, 0.29) is 28.9 Å². The first-order valence-corrected chi connectivity index (χ1v) is 11.9. The van der Waals surface area contributed by atoms with Gasteiger partial charge in [0, 0.05) is 33.7 Å². The summed E-state index contributed by atoms with van der Waals surface area (Å²) in [6.45, 7) is 1.15. The van der Waals surface area contributed by atoms with Gasteiger partial charge in [-0.3, -0.25) is 19.3 Å². The van der Waals surface area contributed by atoms with Crippen LogP contribution in [0.25, 0.3) is 0 Å². The van der Waals surface area contributed by atoms with E-state index < -0.39 is 17.6 Å². The highest BCUT2D eigenvalue weighted by Gasteiger charge is 2.39. The minimum absolute atomic E-state index is 0.0347. The third kappa shape index (κ3) is 5.01. The zero-order valence-electron chi connectivity index (χ0n) is 19.6. The first-order valence-electron chi connectivity index (χ1n) is 11.5. The highest BCUT2D eigenvalue weighted by Crippen LogP contribution is 2.40. The molecule has 2 aromatic carbocycles. The molecule has 4 rings (SSSR count). The highest BCUT2D eigenvalue weighted by molar-refractivity contribution is 6.39. The smallest absolute Gasteiger partial charge is 0.290 e. The molecule has 0 bridgehead atoms. The predicted molar refractivity (Wildman–Crippen MR) is 130 cm³/mol. The van der Waals surface area contributed by atoms with Crippen molar-refractivity contribution < 1.29 is 18.8 Å². The molecule has 0 N–H and O–H groups in total. The van der Waals surface area contributed by atoms with Gasteiger partial charge in [-0.2, -0.15) is 5.26 Å². The third-order valence-electron chi connectivity index (χ3n) is 6.77. The average Bonchev–Trinajstić information content (AvgIpc) is 3.21. The maximum Gasteiger partial charge on any atom is 0.290 e. The standard InChI is InChI=1S/C26H26ClFN4O3/c1-30(2)26(35)24(33)21-14-32(15-29)23-13-22(27)20(12-19(21)23)25(34)31-9-7-17(8-10-31)11-16-3-5-18(28)6-4-16/h3-6,12-13,17,21H,7-11,14H2,1-2H3. The Morgan fingerprint density at radius 3 is 2.40 bits per heavy atom. The molecule has 0 spiro atoms. The van der Waals surface area contributed by atoms with E-state index in [9.17, 15) is 24.0 Å². The fraction of sp³-hybridized carbons (Fsp3) is 0.385. The number of nitriles is 1. The Hall–Kier alpha value is -3.44. The van der Waals surface area contributed by atoms with Crippen LogP contribution in [0.5, 0.6) is 0 Å². The molecule has 1 saturated heterocycles. The molecule has 0 aliphatic carbocycles. The van der Waals surface area contributed by atoms with Crippen LogP contribution in [0.2, 0.25) is 5.02 Å². The highest BCUT2D eigenvalue weighted by atomic mass is 35.5. The third-order valence-corrected chi connectivity index (χ3v) is 7.08. The van der Waals surface area contributed by atoms with Crippen LogP contribution in [0.3, 0.4) is 0 Å². The average molecular weight is 497 g/mol. The van der Waals surface area contributed by atoms with E-state index in [1.165, 1.54) is 42.1 Å². The number of benzene rings is 2. The topological polar surface area (TPSA) is 84.7 Å². The lowest BCUT2D eigenvalue weighted by atomic mass is 9.89. The number of Topliss-reactive ketones (excluding diaryl/α,β-unsaturated/α-hetero) is 1. The Labute approximate surface area is 208 Å². The summed E-state index contributed by atoms with van der Waals surface area (Å²) in [6.07, 6.45) is 4.47. The fourth-order valence-corrected chi connectivity index (χ4v) is 5.03. The first-order chi connectivity index (χ1) is 16.7. The minimum atomic E-state index is -0.843. The van der Waals surface area contributed by atoms with Crippen LogP contribution < -0.4 is 4.90 Å². The van der Waals surface area contributed by atoms with E-state index in [0.717, 1.165) is 24.8 Å². The van der Waals surface area contributed by atoms with Crippen molar-refractivity contribution in [1.82, 2.24) is 9.80 Å². The molecule has 182 valence electrons. The van der Waals surface area contributed by atoms with Crippen LogP contribution in [-0.4, -0.2) is 61.1 Å². The van der Waals surface area contributed by atoms with E-state index in [2.05, 4.69) is 0 Å². The van der Waals surface area contributed by atoms with Crippen molar-refractivity contribution in [2.75, 3.05) is 38.6 Å². The molecule has 0 radical (unpaired) electrons. The molecule has 2 aliphatic rings. The Balaban J connectivity index is 1.50. The molecule has 1 unspecified atom stereocenters. The second-order valence-electron chi connectivity index (χ2n) is 9.28. The zero-order valence-corrected chi connectivity index (χ0v) is 20.4. The van der Waals surface area contributed by atoms with Crippen molar-refractivity contribution in [3.63, 3.8) is 0 Å². The van der Waals surface area contributed by atoms with Crippen molar-refractivity contribution in [2.45, 2.75) is 25.2 Å². The Morgan fingerprint density at radius 2 is 1.80 bits per heavy atom. The lowest BCUT2D eigenvalue weighted by Gasteiger charge is -2.32. The number of halogens is 2. The fourth-order valence-electron chi connectivity index (χ4n) is 4.79. The second-order valence-corrected chi connectivity index (χ2v) is 9.69. The summed E-state index contributed by atoms with van der Waals surface area (Å²) in [6, 6.07) is 9.60. The monoisotopic (exact) mass is 496 g/mol. The number of nitrogens with zero attached hydrogens (tertiary/aromatic N) is 4. The molecule has 0 saturated carbocycles. The summed E-state index contributed by atoms with van der Waals surface area (Å²) in [5.41, 5.74) is 2.24. The van der Waals surface area contributed by atoms with Crippen LogP contribution in [0.15, 0.2) is 36.4 Å². The van der Waals surface area contributed by atoms with Crippen molar-refractivity contribution in [3.8, 4) is 6.19 Å². The molecule has 2 aliphatic heterocycles. The summed E-state index contributed by atoms with van der Waals surface area (Å²) in [7, 11) is 2.99. The number of piperidine rings is 1. The minimum Gasteiger partial charge on any atom is -0.342 e. The van der Waals surface area contributed by atoms with Gasteiger partial charge >= 0.3 is 0 Å². The number of carbonyl (C=O) groups is 3. The summed E-state index contributed by atoms with van der Waals surface area (Å²) < 4.78 is 13.2. The first kappa shape index (κ1) is 24.7. The summed E-state index contributed by atoms with van der Waals surface area (Å²) in [4.78, 5) is 42.7. The molecule has 1 fully saturated rings. The number of hydrogen-bond donors (Lipinski definition) is 0. The molecule has 2 amide bonds. The molecule has 9 heteroatoms. The number of ketones is 1. The van der Waals surface area contributed by atoms with E-state index in [1.54, 1.807) is 23.1 Å². The van der Waals surface area contributed by atoms with Gasteiger partial charge in [0.25, 0.3) is 11.8 Å². The molecule has 35 heavy (non-hydrogen) atoms. The van der Waals surface area contributed by atoms with Crippen LogP contribution in [-0.2, 0) is 16.0 Å². The molecule has 1 atom stereocenters. The predicted octanol–water partition coefficient (Wildman–Crippen LogP) is 3.62. The van der Waals surface area contributed by atoms with Crippen LogP contribution in [0.4, 0.5) is 10.1 Å². The van der Waals surface area contributed by atoms with Crippen molar-refractivity contribution in [1.29, 1.82) is 5.26 Å². The molecule has 2 heterocycles. The molecule has 7 nitrogen and oxygen atoms in total. The van der Waals surface area contributed by atoms with Gasteiger partial charge in [-0.15, -0.1) is 0 Å². The quantitative estimate of drug-likeness (QED) is 0.466. The van der Waals surface area contributed by atoms with Crippen LogP contribution in [0.1, 0.15) is 40.2 Å². The van der Waals surface area contributed by atoms with Gasteiger partial charge in [0.05, 0.1) is 22.2 Å². The maximum atomic E-state index is 13.4. The number of anilines is 1. The van der Waals surface area contributed by atoms with Gasteiger partial charge in [0.2, 0.25) is 5.78 Å². The number of likely N-dealkylation sites (tertiary alicyclic amines) is 1. The number of amides is 2. The van der Waals surface area contributed by atoms with E-state index in [1.807, 2.05) is 6.19 Å². The SMILES string of the molecule is CN(C)C(=O)C(=O)C1CN(C#N)c2cc(Cl)c(C(=O)N3CCC(Cc4ccc(F)cc4)CC3)cc21. The number of hydrogen-bond acceptors (Lipinski definition) is 5. The molecular formula is C26H26ClFN4O3. The van der Waals surface area contributed by atoms with Crippen LogP contribution in [0, 0.1) is 23.2 Å². The lowest BCUT2D eigenvalue weighted by Crippen LogP contribution is -2.39. The Bertz CT molecular complexity index is 1200. The van der Waals surface area contributed by atoms with Crippen molar-refractivity contribution >= 4 is 34.9 Å². The zero-order chi connectivity index (χ0) is 25.3. The summed E-state index contributed by atoms with van der Waals surface area (Å²) in [5, 5.41) is 9.71. The summed E-state index contributed by atoms with van der Waals surface area (Å²) >= 11 is 6.46. The van der Waals surface area contributed by atoms with Gasteiger partial charge in [-0.05, 0) is 60.6 Å². The van der Waals surface area contributed by atoms with E-state index >= 15 is 0 Å². The van der Waals surface area contributed by atoms with Crippen molar-refractivity contribution in [2.24, 2.45) is 5.92 Å². The lowest BCUT2D eigenvalue weighted by molar-refractivity contribution is -0.143. The summed E-state index contributed by atoms with van der Waals surface area (Å²) in [5.74, 6) is -2.23. The Morgan fingerprint density at radius 1 is 1.14 bits per heavy atom. The normalized spacial score (nSPS) is 17.6. The van der Waals surface area contributed by atoms with Gasteiger partial charge < -0.3 is 9.80 Å². The maximum absolute atomic E-state index is 13.4. The van der Waals surface area contributed by atoms with Gasteiger partial charge in [-0.1, -0.05) is 23.7 Å². The van der Waals surface area contributed by atoms with Gasteiger partial charge in [-0.25, -0.2) is 4.39 Å². The van der Waals surface area contributed by atoms with Gasteiger partial charge in [0.1, 0.15) is 5.82 Å².